The number of halogens is 2. The van der Waals surface area contributed by atoms with Gasteiger partial charge < -0.3 is 10.5 Å². The van der Waals surface area contributed by atoms with Crippen LogP contribution in [-0.4, -0.2) is 17.5 Å². The highest BCUT2D eigenvalue weighted by Crippen LogP contribution is 2.19. The Morgan fingerprint density at radius 2 is 2.06 bits per heavy atom. The van der Waals surface area contributed by atoms with Crippen molar-refractivity contribution in [2.24, 2.45) is 10.7 Å². The first-order valence-electron chi connectivity index (χ1n) is 5.22. The van der Waals surface area contributed by atoms with Crippen LogP contribution in [0.2, 0.25) is 5.02 Å². The molecule has 6 heteroatoms. The van der Waals surface area contributed by atoms with Crippen LogP contribution in [0.25, 0.3) is 0 Å². The van der Waals surface area contributed by atoms with Gasteiger partial charge in [0.15, 0.2) is 0 Å². The molecule has 0 fully saturated rings. The zero-order valence-corrected chi connectivity index (χ0v) is 11.1. The van der Waals surface area contributed by atoms with Gasteiger partial charge in [-0.05, 0) is 32.9 Å². The van der Waals surface area contributed by atoms with Crippen molar-refractivity contribution in [3.8, 4) is 0 Å². The maximum Gasteiger partial charge on any atom is 0.436 e. The molecular formula is C12H14ClFN2O2. The predicted molar refractivity (Wildman–Crippen MR) is 68.4 cm³/mol. The lowest BCUT2D eigenvalue weighted by Gasteiger charge is -2.17. The van der Waals surface area contributed by atoms with Gasteiger partial charge >= 0.3 is 6.09 Å². The molecule has 4 nitrogen and oxygen atoms in total. The minimum Gasteiger partial charge on any atom is -0.442 e. The minimum atomic E-state index is -0.890. The van der Waals surface area contributed by atoms with Gasteiger partial charge in [0.2, 0.25) is 0 Å². The van der Waals surface area contributed by atoms with Crippen LogP contribution in [-0.2, 0) is 4.74 Å². The number of aliphatic imine (C=N–C) groups is 1. The van der Waals surface area contributed by atoms with Gasteiger partial charge in [-0.25, -0.2) is 9.18 Å². The molecule has 0 heterocycles. The highest BCUT2D eigenvalue weighted by Gasteiger charge is 2.18. The molecule has 0 unspecified atom stereocenters. The molecule has 98 valence electrons. The van der Waals surface area contributed by atoms with Gasteiger partial charge in [0.1, 0.15) is 17.3 Å². The molecule has 0 saturated carbocycles. The topological polar surface area (TPSA) is 64.7 Å². The zero-order valence-electron chi connectivity index (χ0n) is 10.3. The fourth-order valence-corrected chi connectivity index (χ4v) is 1.44. The second-order valence-electron chi connectivity index (χ2n) is 4.57. The number of amides is 1. The smallest absolute Gasteiger partial charge is 0.436 e. The van der Waals surface area contributed by atoms with Crippen LogP contribution in [0.4, 0.5) is 9.18 Å². The highest BCUT2D eigenvalue weighted by molar-refractivity contribution is 6.34. The molecule has 18 heavy (non-hydrogen) atoms. The molecule has 1 aromatic rings. The summed E-state index contributed by atoms with van der Waals surface area (Å²) in [7, 11) is 0. The SMILES string of the molecule is CC(C)(C)OC(=O)/N=C(\N)c1c(F)cccc1Cl. The first kappa shape index (κ1) is 14.4. The summed E-state index contributed by atoms with van der Waals surface area (Å²) in [6, 6.07) is 4.07. The molecule has 2 N–H and O–H groups in total. The van der Waals surface area contributed by atoms with Crippen molar-refractivity contribution in [2.75, 3.05) is 0 Å². The average Bonchev–Trinajstić information content (AvgIpc) is 2.13. The Balaban J connectivity index is 3.00. The summed E-state index contributed by atoms with van der Waals surface area (Å²) < 4.78 is 18.4. The lowest BCUT2D eigenvalue weighted by molar-refractivity contribution is 0.0604. The Morgan fingerprint density at radius 3 is 2.56 bits per heavy atom. The Hall–Kier alpha value is -1.62. The average molecular weight is 273 g/mol. The largest absolute Gasteiger partial charge is 0.442 e. The number of benzene rings is 1. The molecule has 0 aliphatic heterocycles. The van der Waals surface area contributed by atoms with Crippen molar-refractivity contribution >= 4 is 23.5 Å². The summed E-state index contributed by atoms with van der Waals surface area (Å²) in [5, 5.41) is 0.0832. The number of carbonyl (C=O) groups is 1. The lowest BCUT2D eigenvalue weighted by Crippen LogP contribution is -2.25. The number of ether oxygens (including phenoxy) is 1. The van der Waals surface area contributed by atoms with E-state index >= 15 is 0 Å². The van der Waals surface area contributed by atoms with Crippen molar-refractivity contribution in [3.05, 3.63) is 34.6 Å². The van der Waals surface area contributed by atoms with Crippen molar-refractivity contribution in [3.63, 3.8) is 0 Å². The molecule has 0 atom stereocenters. The van der Waals surface area contributed by atoms with E-state index < -0.39 is 17.5 Å². The molecule has 0 spiro atoms. The number of rotatable bonds is 1. The minimum absolute atomic E-state index is 0.0832. The molecule has 1 aromatic carbocycles. The van der Waals surface area contributed by atoms with E-state index in [1.54, 1.807) is 20.8 Å². The van der Waals surface area contributed by atoms with E-state index in [9.17, 15) is 9.18 Å². The molecule has 0 aliphatic rings. The molecule has 0 aliphatic carbocycles. The van der Waals surface area contributed by atoms with E-state index in [1.807, 2.05) is 0 Å². The number of nitrogens with two attached hydrogens (primary N) is 1. The molecule has 0 saturated heterocycles. The van der Waals surface area contributed by atoms with Gasteiger partial charge in [-0.15, -0.1) is 0 Å². The van der Waals surface area contributed by atoms with Crippen LogP contribution in [0.5, 0.6) is 0 Å². The summed E-state index contributed by atoms with van der Waals surface area (Å²) in [4.78, 5) is 14.9. The van der Waals surface area contributed by atoms with Gasteiger partial charge in [-0.3, -0.25) is 0 Å². The van der Waals surface area contributed by atoms with Crippen LogP contribution < -0.4 is 5.73 Å². The van der Waals surface area contributed by atoms with E-state index in [4.69, 9.17) is 22.1 Å². The van der Waals surface area contributed by atoms with E-state index in [2.05, 4.69) is 4.99 Å². The second-order valence-corrected chi connectivity index (χ2v) is 4.98. The molecule has 1 amide bonds. The number of carbonyl (C=O) groups excluding carboxylic acids is 1. The quantitative estimate of drug-likeness (QED) is 0.631. The predicted octanol–water partition coefficient (Wildman–Crippen LogP) is 3.12. The van der Waals surface area contributed by atoms with E-state index in [0.717, 1.165) is 0 Å². The molecule has 0 bridgehead atoms. The number of hydrogen-bond acceptors (Lipinski definition) is 2. The Labute approximate surface area is 110 Å². The first-order valence-corrected chi connectivity index (χ1v) is 5.60. The van der Waals surface area contributed by atoms with Gasteiger partial charge in [-0.1, -0.05) is 17.7 Å². The third-order valence-electron chi connectivity index (χ3n) is 1.82. The van der Waals surface area contributed by atoms with Gasteiger partial charge in [0.25, 0.3) is 0 Å². The first-order chi connectivity index (χ1) is 8.20. The Bertz CT molecular complexity index is 475. The monoisotopic (exact) mass is 272 g/mol. The van der Waals surface area contributed by atoms with Crippen molar-refractivity contribution in [1.82, 2.24) is 0 Å². The van der Waals surface area contributed by atoms with Crippen LogP contribution in [0, 0.1) is 5.82 Å². The summed E-state index contributed by atoms with van der Waals surface area (Å²) >= 11 is 5.79. The fourth-order valence-electron chi connectivity index (χ4n) is 1.18. The Morgan fingerprint density at radius 1 is 1.44 bits per heavy atom. The molecule has 0 radical (unpaired) electrons. The maximum atomic E-state index is 13.5. The third kappa shape index (κ3) is 4.00. The summed E-state index contributed by atoms with van der Waals surface area (Å²) in [5.74, 6) is -0.959. The third-order valence-corrected chi connectivity index (χ3v) is 2.14. The normalized spacial score (nSPS) is 12.4. The molecular weight excluding hydrogens is 259 g/mol. The van der Waals surface area contributed by atoms with Gasteiger partial charge in [0.05, 0.1) is 10.6 Å². The highest BCUT2D eigenvalue weighted by atomic mass is 35.5. The van der Waals surface area contributed by atoms with Crippen LogP contribution >= 0.6 is 11.6 Å². The van der Waals surface area contributed by atoms with Gasteiger partial charge in [-0.2, -0.15) is 4.99 Å². The van der Waals surface area contributed by atoms with E-state index in [-0.39, 0.29) is 16.4 Å². The molecule has 0 aromatic heterocycles. The number of nitrogens with zero attached hydrogens (tertiary/aromatic N) is 1. The summed E-state index contributed by atoms with van der Waals surface area (Å²) in [6.45, 7) is 5.06. The fraction of sp³-hybridized carbons (Fsp3) is 0.333. The summed E-state index contributed by atoms with van der Waals surface area (Å²) in [5.41, 5.74) is 4.74. The van der Waals surface area contributed by atoms with Crippen molar-refractivity contribution in [2.45, 2.75) is 26.4 Å². The van der Waals surface area contributed by atoms with Crippen molar-refractivity contribution in [1.29, 1.82) is 0 Å². The van der Waals surface area contributed by atoms with E-state index in [1.165, 1.54) is 18.2 Å². The Kier molecular flexibility index (Phi) is 4.29. The standard InChI is InChI=1S/C12H14ClFN2O2/c1-12(2,3)18-11(17)16-10(15)9-7(13)5-4-6-8(9)14/h4-6H,1-3H3,(H2,15,16,17). The van der Waals surface area contributed by atoms with Crippen LogP contribution in [0.15, 0.2) is 23.2 Å². The lowest BCUT2D eigenvalue weighted by atomic mass is 10.2. The maximum absolute atomic E-state index is 13.5. The molecule has 1 rings (SSSR count). The van der Waals surface area contributed by atoms with Crippen LogP contribution in [0.3, 0.4) is 0 Å². The van der Waals surface area contributed by atoms with E-state index in [0.29, 0.717) is 0 Å². The number of hydrogen-bond donors (Lipinski definition) is 1. The number of amidine groups is 1. The zero-order chi connectivity index (χ0) is 13.9. The second kappa shape index (κ2) is 5.35. The summed E-state index contributed by atoms with van der Waals surface area (Å²) in [6.07, 6.45) is -0.890. The van der Waals surface area contributed by atoms with Gasteiger partial charge in [0, 0.05) is 0 Å². The van der Waals surface area contributed by atoms with Crippen LogP contribution in [0.1, 0.15) is 26.3 Å². The van der Waals surface area contributed by atoms with Crippen molar-refractivity contribution < 1.29 is 13.9 Å².